The molecule has 0 unspecified atom stereocenters. The van der Waals surface area contributed by atoms with Gasteiger partial charge in [-0.3, -0.25) is 14.5 Å². The lowest BCUT2D eigenvalue weighted by Crippen LogP contribution is -2.54. The molecule has 0 radical (unpaired) electrons. The number of carboxylic acid groups (broad SMARTS) is 1. The second-order valence-electron chi connectivity index (χ2n) is 6.44. The first-order valence-electron chi connectivity index (χ1n) is 8.41. The van der Waals surface area contributed by atoms with Gasteiger partial charge in [0.05, 0.1) is 6.54 Å². The Morgan fingerprint density at radius 3 is 2.55 bits per heavy atom. The Hall–Kier alpha value is -1.14. The molecule has 22 heavy (non-hydrogen) atoms. The van der Waals surface area contributed by atoms with Crippen LogP contribution in [0.15, 0.2) is 0 Å². The van der Waals surface area contributed by atoms with E-state index in [1.54, 1.807) is 0 Å². The van der Waals surface area contributed by atoms with Crippen LogP contribution in [0.1, 0.15) is 45.4 Å². The van der Waals surface area contributed by atoms with Crippen LogP contribution >= 0.6 is 0 Å². The summed E-state index contributed by atoms with van der Waals surface area (Å²) in [4.78, 5) is 24.7. The molecule has 1 saturated carbocycles. The summed E-state index contributed by atoms with van der Waals surface area (Å²) in [5.41, 5.74) is 0. The van der Waals surface area contributed by atoms with Crippen molar-refractivity contribution in [2.24, 2.45) is 5.92 Å². The normalized spacial score (nSPS) is 25.7. The van der Waals surface area contributed by atoms with Gasteiger partial charge in [-0.1, -0.05) is 6.92 Å². The van der Waals surface area contributed by atoms with Crippen LogP contribution in [0.25, 0.3) is 0 Å². The summed E-state index contributed by atoms with van der Waals surface area (Å²) in [5.74, 6) is -0.0261. The third kappa shape index (κ3) is 5.25. The molecule has 126 valence electrons. The van der Waals surface area contributed by atoms with E-state index in [1.165, 1.54) is 0 Å². The van der Waals surface area contributed by atoms with Gasteiger partial charge in [-0.15, -0.1) is 0 Å². The van der Waals surface area contributed by atoms with Gasteiger partial charge < -0.3 is 15.2 Å². The minimum absolute atomic E-state index is 0.0889. The van der Waals surface area contributed by atoms with Crippen molar-refractivity contribution in [2.75, 3.05) is 26.3 Å². The Kier molecular flexibility index (Phi) is 6.64. The number of ether oxygens (including phenoxy) is 1. The maximum Gasteiger partial charge on any atom is 0.317 e. The van der Waals surface area contributed by atoms with E-state index in [-0.39, 0.29) is 18.5 Å². The van der Waals surface area contributed by atoms with Gasteiger partial charge in [-0.25, -0.2) is 0 Å². The molecular formula is C16H28N2O4. The lowest BCUT2D eigenvalue weighted by Gasteiger charge is -2.42. The highest BCUT2D eigenvalue weighted by Crippen LogP contribution is 2.26. The van der Waals surface area contributed by atoms with E-state index >= 15 is 0 Å². The van der Waals surface area contributed by atoms with Gasteiger partial charge in [0, 0.05) is 31.7 Å². The van der Waals surface area contributed by atoms with Crippen molar-refractivity contribution in [1.29, 1.82) is 0 Å². The minimum Gasteiger partial charge on any atom is -0.480 e. The van der Waals surface area contributed by atoms with Crippen LogP contribution < -0.4 is 5.32 Å². The minimum atomic E-state index is -0.786. The van der Waals surface area contributed by atoms with Crippen molar-refractivity contribution in [3.63, 3.8) is 0 Å². The molecule has 0 spiro atoms. The average molecular weight is 312 g/mol. The Morgan fingerprint density at radius 1 is 1.27 bits per heavy atom. The number of carbonyl (C=O) groups excluding carboxylic acids is 1. The van der Waals surface area contributed by atoms with Crippen molar-refractivity contribution in [1.82, 2.24) is 10.2 Å². The van der Waals surface area contributed by atoms with Crippen LogP contribution in [0.2, 0.25) is 0 Å². The fourth-order valence-corrected chi connectivity index (χ4v) is 3.35. The van der Waals surface area contributed by atoms with Crippen LogP contribution in [0, 0.1) is 5.92 Å². The number of carboxylic acids is 1. The van der Waals surface area contributed by atoms with E-state index in [2.05, 4.69) is 5.32 Å². The zero-order chi connectivity index (χ0) is 15.9. The molecule has 0 aromatic carbocycles. The van der Waals surface area contributed by atoms with Crippen molar-refractivity contribution in [2.45, 2.75) is 57.5 Å². The van der Waals surface area contributed by atoms with E-state index in [0.29, 0.717) is 18.4 Å². The zero-order valence-corrected chi connectivity index (χ0v) is 13.4. The molecule has 1 saturated heterocycles. The Balaban J connectivity index is 1.60. The van der Waals surface area contributed by atoms with Gasteiger partial charge in [0.25, 0.3) is 0 Å². The smallest absolute Gasteiger partial charge is 0.317 e. The van der Waals surface area contributed by atoms with E-state index in [4.69, 9.17) is 9.84 Å². The maximum atomic E-state index is 12.0. The van der Waals surface area contributed by atoms with Crippen LogP contribution in [-0.4, -0.2) is 60.3 Å². The largest absolute Gasteiger partial charge is 0.480 e. The Bertz CT molecular complexity index is 376. The molecule has 2 N–H and O–H groups in total. The summed E-state index contributed by atoms with van der Waals surface area (Å²) in [6.45, 7) is 4.45. The highest BCUT2D eigenvalue weighted by atomic mass is 16.5. The molecule has 0 aromatic heterocycles. The fourth-order valence-electron chi connectivity index (χ4n) is 3.35. The van der Waals surface area contributed by atoms with Gasteiger partial charge in [0.1, 0.15) is 0 Å². The summed E-state index contributed by atoms with van der Waals surface area (Å²) < 4.78 is 5.32. The van der Waals surface area contributed by atoms with Gasteiger partial charge >= 0.3 is 5.97 Å². The molecule has 0 bridgehead atoms. The molecule has 2 rings (SSSR count). The number of aliphatic carboxylic acids is 1. The first-order valence-corrected chi connectivity index (χ1v) is 8.41. The summed E-state index contributed by atoms with van der Waals surface area (Å²) in [6, 6.07) is 0.511. The highest BCUT2D eigenvalue weighted by Gasteiger charge is 2.34. The summed E-state index contributed by atoms with van der Waals surface area (Å²) in [6.07, 6.45) is 5.41. The molecule has 0 aromatic rings. The second-order valence-corrected chi connectivity index (χ2v) is 6.44. The topological polar surface area (TPSA) is 78.9 Å². The predicted molar refractivity (Wildman–Crippen MR) is 82.6 cm³/mol. The van der Waals surface area contributed by atoms with Crippen molar-refractivity contribution < 1.29 is 19.4 Å². The molecule has 6 heteroatoms. The summed E-state index contributed by atoms with van der Waals surface area (Å²) in [7, 11) is 0. The van der Waals surface area contributed by atoms with E-state index in [9.17, 15) is 9.59 Å². The lowest BCUT2D eigenvalue weighted by atomic mass is 9.85. The number of hydrogen-bond acceptors (Lipinski definition) is 4. The molecule has 1 heterocycles. The highest BCUT2D eigenvalue weighted by molar-refractivity contribution is 5.76. The molecule has 0 atom stereocenters. The number of amides is 1. The molecular weight excluding hydrogens is 284 g/mol. The predicted octanol–water partition coefficient (Wildman–Crippen LogP) is 1.25. The van der Waals surface area contributed by atoms with Crippen molar-refractivity contribution in [3.05, 3.63) is 0 Å². The molecule has 1 amide bonds. The van der Waals surface area contributed by atoms with Gasteiger partial charge in [-0.05, 0) is 44.6 Å². The number of rotatable bonds is 8. The molecule has 2 aliphatic rings. The van der Waals surface area contributed by atoms with E-state index < -0.39 is 5.97 Å². The monoisotopic (exact) mass is 312 g/mol. The third-order valence-electron chi connectivity index (χ3n) is 4.86. The molecule has 6 nitrogen and oxygen atoms in total. The van der Waals surface area contributed by atoms with Crippen LogP contribution in [-0.2, 0) is 14.3 Å². The van der Waals surface area contributed by atoms with Crippen molar-refractivity contribution in [3.8, 4) is 0 Å². The number of nitrogens with zero attached hydrogens (tertiary/aromatic N) is 1. The average Bonchev–Trinajstić information content (AvgIpc) is 2.47. The van der Waals surface area contributed by atoms with Crippen molar-refractivity contribution >= 4 is 11.9 Å². The number of nitrogens with one attached hydrogen (secondary N) is 1. The first-order chi connectivity index (χ1) is 10.6. The Labute approximate surface area is 132 Å². The number of likely N-dealkylation sites (N-methyl/N-ethyl adjacent to an activating group) is 1. The second kappa shape index (κ2) is 8.48. The first kappa shape index (κ1) is 17.2. The van der Waals surface area contributed by atoms with E-state index in [0.717, 1.165) is 51.9 Å². The van der Waals surface area contributed by atoms with Crippen LogP contribution in [0.3, 0.4) is 0 Å². The SMILES string of the molecule is CCN(CC(=O)O)C1CC(NC(=O)CCC2CCOCC2)C1. The number of hydrogen-bond donors (Lipinski definition) is 2. The fraction of sp³-hybridized carbons (Fsp3) is 0.875. The molecule has 1 aliphatic heterocycles. The third-order valence-corrected chi connectivity index (χ3v) is 4.86. The zero-order valence-electron chi connectivity index (χ0n) is 13.4. The number of carbonyl (C=O) groups is 2. The molecule has 2 fully saturated rings. The van der Waals surface area contributed by atoms with Gasteiger partial charge in [0.15, 0.2) is 0 Å². The van der Waals surface area contributed by atoms with E-state index in [1.807, 2.05) is 11.8 Å². The van der Waals surface area contributed by atoms with Crippen LogP contribution in [0.5, 0.6) is 0 Å². The Morgan fingerprint density at radius 2 is 1.95 bits per heavy atom. The summed E-state index contributed by atoms with van der Waals surface area (Å²) in [5, 5.41) is 11.9. The lowest BCUT2D eigenvalue weighted by molar-refractivity contribution is -0.139. The quantitative estimate of drug-likeness (QED) is 0.705. The maximum absolute atomic E-state index is 12.0. The van der Waals surface area contributed by atoms with Gasteiger partial charge in [-0.2, -0.15) is 0 Å². The summed E-state index contributed by atoms with van der Waals surface area (Å²) >= 11 is 0. The van der Waals surface area contributed by atoms with Crippen LogP contribution in [0.4, 0.5) is 0 Å². The standard InChI is InChI=1S/C16H28N2O4/c1-2-18(11-16(20)21)14-9-13(10-14)17-15(19)4-3-12-5-7-22-8-6-12/h12-14H,2-11H2,1H3,(H,17,19)(H,20,21). The van der Waals surface area contributed by atoms with Gasteiger partial charge in [0.2, 0.25) is 5.91 Å². The molecule has 1 aliphatic carbocycles.